The molecule has 0 bridgehead atoms. The van der Waals surface area contributed by atoms with Gasteiger partial charge in [0.1, 0.15) is 0 Å². The maximum absolute atomic E-state index is 5.15. The van der Waals surface area contributed by atoms with Crippen LogP contribution in [0.5, 0.6) is 0 Å². The molecular formula is C49H30N4S. The first-order valence-corrected chi connectivity index (χ1v) is 18.9. The van der Waals surface area contributed by atoms with Crippen molar-refractivity contribution in [2.45, 2.75) is 0 Å². The molecule has 252 valence electrons. The predicted octanol–water partition coefficient (Wildman–Crippen LogP) is 13.2. The normalized spacial score (nSPS) is 11.7. The Kier molecular flexibility index (Phi) is 7.00. The second-order valence-electron chi connectivity index (χ2n) is 13.6. The molecule has 11 rings (SSSR count). The average Bonchev–Trinajstić information content (AvgIpc) is 3.80. The number of rotatable bonds is 5. The zero-order chi connectivity index (χ0) is 35.6. The van der Waals surface area contributed by atoms with Gasteiger partial charge < -0.3 is 4.57 Å². The molecule has 5 heteroatoms. The highest BCUT2D eigenvalue weighted by molar-refractivity contribution is 7.25. The van der Waals surface area contributed by atoms with E-state index in [1.807, 2.05) is 18.2 Å². The fraction of sp³-hybridized carbons (Fsp3) is 0. The summed E-state index contributed by atoms with van der Waals surface area (Å²) in [5, 5.41) is 7.39. The minimum absolute atomic E-state index is 0.646. The Morgan fingerprint density at radius 3 is 1.87 bits per heavy atom. The minimum Gasteiger partial charge on any atom is -0.309 e. The molecule has 3 aromatic heterocycles. The largest absolute Gasteiger partial charge is 0.309 e. The molecule has 54 heavy (non-hydrogen) atoms. The van der Waals surface area contributed by atoms with E-state index in [0.717, 1.165) is 33.5 Å². The number of hydrogen-bond donors (Lipinski definition) is 0. The van der Waals surface area contributed by atoms with Gasteiger partial charge in [-0.25, -0.2) is 15.0 Å². The summed E-state index contributed by atoms with van der Waals surface area (Å²) in [6.07, 6.45) is 0. The molecule has 11 aromatic rings. The third-order valence-corrected chi connectivity index (χ3v) is 11.6. The highest BCUT2D eigenvalue weighted by Gasteiger charge is 2.18. The molecule has 0 aliphatic rings. The second kappa shape index (κ2) is 12.3. The molecule has 0 aliphatic heterocycles. The first-order valence-electron chi connectivity index (χ1n) is 18.1. The van der Waals surface area contributed by atoms with Crippen molar-refractivity contribution in [2.75, 3.05) is 0 Å². The SMILES string of the molecule is c1ccc(-c2nc(-c3ccc(-c4cccc(-n5c6ccccc6c6ccc7ccccc7c65)c4)cc3)nc(-c3cccc4sc5ccccc5c34)n2)cc1. The Morgan fingerprint density at radius 1 is 0.389 bits per heavy atom. The lowest BCUT2D eigenvalue weighted by atomic mass is 10.0. The summed E-state index contributed by atoms with van der Waals surface area (Å²) < 4.78 is 4.89. The predicted molar refractivity (Wildman–Crippen MR) is 226 cm³/mol. The van der Waals surface area contributed by atoms with Crippen LogP contribution >= 0.6 is 11.3 Å². The topological polar surface area (TPSA) is 43.6 Å². The molecule has 0 atom stereocenters. The van der Waals surface area contributed by atoms with Gasteiger partial charge in [-0.3, -0.25) is 0 Å². The zero-order valence-corrected chi connectivity index (χ0v) is 29.8. The van der Waals surface area contributed by atoms with Crippen LogP contribution < -0.4 is 0 Å². The van der Waals surface area contributed by atoms with E-state index in [4.69, 9.17) is 15.0 Å². The van der Waals surface area contributed by atoms with Crippen LogP contribution in [0.1, 0.15) is 0 Å². The van der Waals surface area contributed by atoms with Crippen molar-refractivity contribution in [1.82, 2.24) is 19.5 Å². The van der Waals surface area contributed by atoms with E-state index in [1.54, 1.807) is 11.3 Å². The van der Waals surface area contributed by atoms with Crippen molar-refractivity contribution in [2.24, 2.45) is 0 Å². The van der Waals surface area contributed by atoms with Crippen molar-refractivity contribution < 1.29 is 0 Å². The molecule has 8 aromatic carbocycles. The van der Waals surface area contributed by atoms with Gasteiger partial charge in [-0.2, -0.15) is 0 Å². The Bertz CT molecular complexity index is 3210. The molecule has 4 nitrogen and oxygen atoms in total. The van der Waals surface area contributed by atoms with Gasteiger partial charge in [-0.1, -0.05) is 152 Å². The number of benzene rings is 8. The number of aromatic nitrogens is 4. The van der Waals surface area contributed by atoms with Crippen LogP contribution in [0.2, 0.25) is 0 Å². The van der Waals surface area contributed by atoms with Crippen LogP contribution in [0.15, 0.2) is 182 Å². The van der Waals surface area contributed by atoms with Gasteiger partial charge in [-0.05, 0) is 46.8 Å². The maximum atomic E-state index is 5.15. The summed E-state index contributed by atoms with van der Waals surface area (Å²) in [6.45, 7) is 0. The first-order chi connectivity index (χ1) is 26.8. The fourth-order valence-corrected chi connectivity index (χ4v) is 9.07. The molecule has 0 saturated heterocycles. The van der Waals surface area contributed by atoms with Gasteiger partial charge in [0.2, 0.25) is 0 Å². The number of nitrogens with zero attached hydrogens (tertiary/aromatic N) is 4. The van der Waals surface area contributed by atoms with Gasteiger partial charge >= 0.3 is 0 Å². The monoisotopic (exact) mass is 706 g/mol. The second-order valence-corrected chi connectivity index (χ2v) is 14.7. The minimum atomic E-state index is 0.646. The van der Waals surface area contributed by atoms with Crippen LogP contribution in [0.4, 0.5) is 0 Å². The average molecular weight is 707 g/mol. The molecule has 0 amide bonds. The highest BCUT2D eigenvalue weighted by Crippen LogP contribution is 2.40. The molecule has 0 saturated carbocycles. The molecular weight excluding hydrogens is 677 g/mol. The summed E-state index contributed by atoms with van der Waals surface area (Å²) >= 11 is 1.80. The summed E-state index contributed by atoms with van der Waals surface area (Å²) in [4.78, 5) is 15.3. The molecule has 0 N–H and O–H groups in total. The molecule has 3 heterocycles. The maximum Gasteiger partial charge on any atom is 0.164 e. The third kappa shape index (κ3) is 4.94. The lowest BCUT2D eigenvalue weighted by Crippen LogP contribution is -2.00. The lowest BCUT2D eigenvalue weighted by Gasteiger charge is -2.12. The lowest BCUT2D eigenvalue weighted by molar-refractivity contribution is 1.08. The van der Waals surface area contributed by atoms with E-state index < -0.39 is 0 Å². The Hall–Kier alpha value is -6.95. The van der Waals surface area contributed by atoms with Crippen molar-refractivity contribution in [3.05, 3.63) is 182 Å². The summed E-state index contributed by atoms with van der Waals surface area (Å²) in [7, 11) is 0. The molecule has 0 radical (unpaired) electrons. The highest BCUT2D eigenvalue weighted by atomic mass is 32.1. The van der Waals surface area contributed by atoms with Crippen molar-refractivity contribution >= 4 is 64.1 Å². The van der Waals surface area contributed by atoms with Crippen molar-refractivity contribution in [1.29, 1.82) is 0 Å². The van der Waals surface area contributed by atoms with E-state index in [0.29, 0.717) is 17.5 Å². The van der Waals surface area contributed by atoms with Crippen LogP contribution in [0.25, 0.3) is 104 Å². The Morgan fingerprint density at radius 2 is 1.02 bits per heavy atom. The molecule has 0 fully saturated rings. The number of fused-ring (bicyclic) bond motifs is 8. The van der Waals surface area contributed by atoms with Gasteiger partial charge in [-0.15, -0.1) is 11.3 Å². The zero-order valence-electron chi connectivity index (χ0n) is 29.0. The molecule has 0 aliphatic carbocycles. The van der Waals surface area contributed by atoms with E-state index in [1.165, 1.54) is 52.8 Å². The standard InChI is InChI=1S/C49H30N4S/c1-2-13-33(14-3-1)47-50-48(52-49(51-47)41-20-11-23-44-45(41)40-19-7-9-22-43(40)54-44)34-26-24-31(25-27-34)35-15-10-16-36(30-35)53-42-21-8-6-18-38(42)39-29-28-32-12-4-5-17-37(32)46(39)53/h1-30H. The smallest absolute Gasteiger partial charge is 0.164 e. The summed E-state index contributed by atoms with van der Waals surface area (Å²) in [6, 6.07) is 64.5. The van der Waals surface area contributed by atoms with Crippen LogP contribution in [-0.2, 0) is 0 Å². The Labute approximate surface area is 315 Å². The molecule has 0 spiro atoms. The van der Waals surface area contributed by atoms with E-state index in [2.05, 4.69) is 168 Å². The van der Waals surface area contributed by atoms with Crippen LogP contribution in [0.3, 0.4) is 0 Å². The van der Waals surface area contributed by atoms with Crippen LogP contribution in [0, 0.1) is 0 Å². The van der Waals surface area contributed by atoms with Crippen LogP contribution in [-0.4, -0.2) is 19.5 Å². The van der Waals surface area contributed by atoms with Crippen molar-refractivity contribution in [3.63, 3.8) is 0 Å². The van der Waals surface area contributed by atoms with E-state index in [-0.39, 0.29) is 0 Å². The first kappa shape index (κ1) is 30.7. The number of para-hydroxylation sites is 1. The number of hydrogen-bond acceptors (Lipinski definition) is 4. The summed E-state index contributed by atoms with van der Waals surface area (Å²) in [5.74, 6) is 1.97. The van der Waals surface area contributed by atoms with Crippen molar-refractivity contribution in [3.8, 4) is 51.0 Å². The fourth-order valence-electron chi connectivity index (χ4n) is 7.94. The Balaban J connectivity index is 1.03. The van der Waals surface area contributed by atoms with E-state index >= 15 is 0 Å². The van der Waals surface area contributed by atoms with Gasteiger partial charge in [0.05, 0.1) is 11.0 Å². The van der Waals surface area contributed by atoms with E-state index in [9.17, 15) is 0 Å². The number of thiophene rings is 1. The molecule has 0 unspecified atom stereocenters. The van der Waals surface area contributed by atoms with Gasteiger partial charge in [0.15, 0.2) is 17.5 Å². The third-order valence-electron chi connectivity index (χ3n) is 10.5. The quantitative estimate of drug-likeness (QED) is 0.179. The van der Waals surface area contributed by atoms with Gasteiger partial charge in [0, 0.05) is 58.7 Å². The summed E-state index contributed by atoms with van der Waals surface area (Å²) in [5.41, 5.74) is 8.72. The van der Waals surface area contributed by atoms with Gasteiger partial charge in [0.25, 0.3) is 0 Å².